The number of hydrogen-bond donors (Lipinski definition) is 3. The molecule has 1 aromatic rings. The van der Waals surface area contributed by atoms with Crippen LogP contribution in [0.2, 0.25) is 0 Å². The van der Waals surface area contributed by atoms with Crippen LogP contribution in [-0.2, 0) is 0 Å². The summed E-state index contributed by atoms with van der Waals surface area (Å²) in [7, 11) is 0. The quantitative estimate of drug-likeness (QED) is 0.786. The average molecular weight is 277 g/mol. The smallest absolute Gasteiger partial charge is 0.252 e. The van der Waals surface area contributed by atoms with Crippen molar-refractivity contribution in [2.24, 2.45) is 5.92 Å². The van der Waals surface area contributed by atoms with Crippen LogP contribution in [0.1, 0.15) is 57.2 Å². The second kappa shape index (κ2) is 5.20. The maximum absolute atomic E-state index is 11.7. The van der Waals surface area contributed by atoms with Crippen LogP contribution in [0.25, 0.3) is 0 Å². The first-order valence-electron chi connectivity index (χ1n) is 7.60. The highest BCUT2D eigenvalue weighted by Crippen LogP contribution is 2.38. The van der Waals surface area contributed by atoms with Gasteiger partial charge in [-0.2, -0.15) is 0 Å². The fourth-order valence-corrected chi connectivity index (χ4v) is 3.32. The lowest BCUT2D eigenvalue weighted by Gasteiger charge is -2.39. The van der Waals surface area contributed by atoms with E-state index in [4.69, 9.17) is 0 Å². The number of aromatic amines is 1. The van der Waals surface area contributed by atoms with Crippen molar-refractivity contribution in [2.45, 2.75) is 56.9 Å². The molecule has 3 N–H and O–H groups in total. The number of H-pyrrole nitrogens is 1. The first-order chi connectivity index (χ1) is 9.60. The van der Waals surface area contributed by atoms with Gasteiger partial charge in [0, 0.05) is 12.0 Å². The Morgan fingerprint density at radius 3 is 2.95 bits per heavy atom. The molecule has 2 fully saturated rings. The Labute approximate surface area is 118 Å². The van der Waals surface area contributed by atoms with Crippen molar-refractivity contribution in [3.63, 3.8) is 0 Å². The maximum Gasteiger partial charge on any atom is 0.252 e. The number of nitrogens with one attached hydrogen (secondary N) is 2. The number of aliphatic hydroxyl groups is 1. The number of aliphatic hydroxyl groups excluding tert-OH is 1. The molecule has 110 valence electrons. The van der Waals surface area contributed by atoms with E-state index in [0.29, 0.717) is 17.7 Å². The molecular formula is C15H23N3O2. The molecule has 1 heterocycles. The third kappa shape index (κ3) is 2.87. The molecule has 0 aromatic carbocycles. The van der Waals surface area contributed by atoms with Crippen LogP contribution >= 0.6 is 0 Å². The van der Waals surface area contributed by atoms with E-state index >= 15 is 0 Å². The molecule has 2 aliphatic carbocycles. The van der Waals surface area contributed by atoms with Gasteiger partial charge in [-0.05, 0) is 31.6 Å². The van der Waals surface area contributed by atoms with Gasteiger partial charge in [-0.1, -0.05) is 19.8 Å². The Hall–Kier alpha value is -1.36. The standard InChI is InChI=1S/C15H23N3O2/c1-10-3-2-6-15(8-10,9-19)18-12-7-13(20)17-14(16-12)11-4-5-11/h7,10-11,19H,2-6,8-9H2,1H3,(H2,16,17,18,20). The fraction of sp³-hybridized carbons (Fsp3) is 0.733. The van der Waals surface area contributed by atoms with Crippen molar-refractivity contribution in [3.05, 3.63) is 22.2 Å². The van der Waals surface area contributed by atoms with Gasteiger partial charge in [0.05, 0.1) is 12.1 Å². The number of hydrogen-bond acceptors (Lipinski definition) is 4. The van der Waals surface area contributed by atoms with Crippen LogP contribution in [-0.4, -0.2) is 27.2 Å². The summed E-state index contributed by atoms with van der Waals surface area (Å²) in [5.74, 6) is 2.41. The Kier molecular flexibility index (Phi) is 3.54. The minimum absolute atomic E-state index is 0.0879. The first kappa shape index (κ1) is 13.6. The molecule has 0 saturated heterocycles. The molecule has 0 bridgehead atoms. The SMILES string of the molecule is CC1CCCC(CO)(Nc2cc(=O)[nH]c(C3CC3)n2)C1. The second-order valence-electron chi connectivity index (χ2n) is 6.56. The van der Waals surface area contributed by atoms with Gasteiger partial charge in [-0.25, -0.2) is 4.98 Å². The van der Waals surface area contributed by atoms with Gasteiger partial charge in [-0.3, -0.25) is 4.79 Å². The van der Waals surface area contributed by atoms with Gasteiger partial charge in [0.15, 0.2) is 0 Å². The molecule has 2 unspecified atom stereocenters. The van der Waals surface area contributed by atoms with E-state index in [-0.39, 0.29) is 17.7 Å². The third-order valence-electron chi connectivity index (χ3n) is 4.51. The topological polar surface area (TPSA) is 78.0 Å². The molecule has 0 aliphatic heterocycles. The molecule has 5 heteroatoms. The minimum Gasteiger partial charge on any atom is -0.394 e. The van der Waals surface area contributed by atoms with Gasteiger partial charge in [0.2, 0.25) is 0 Å². The van der Waals surface area contributed by atoms with Crippen molar-refractivity contribution < 1.29 is 5.11 Å². The highest BCUT2D eigenvalue weighted by molar-refractivity contribution is 5.38. The summed E-state index contributed by atoms with van der Waals surface area (Å²) in [6.07, 6.45) is 6.38. The highest BCUT2D eigenvalue weighted by Gasteiger charge is 2.35. The van der Waals surface area contributed by atoms with Crippen molar-refractivity contribution in [1.82, 2.24) is 9.97 Å². The molecule has 2 aliphatic rings. The van der Waals surface area contributed by atoms with Crippen LogP contribution in [0.15, 0.2) is 10.9 Å². The van der Waals surface area contributed by atoms with E-state index in [9.17, 15) is 9.90 Å². The summed E-state index contributed by atoms with van der Waals surface area (Å²) in [5.41, 5.74) is -0.430. The zero-order chi connectivity index (χ0) is 14.2. The van der Waals surface area contributed by atoms with Crippen molar-refractivity contribution in [2.75, 3.05) is 11.9 Å². The number of nitrogens with zero attached hydrogens (tertiary/aromatic N) is 1. The van der Waals surface area contributed by atoms with E-state index in [1.165, 1.54) is 12.5 Å². The normalized spacial score (nSPS) is 30.2. The largest absolute Gasteiger partial charge is 0.394 e. The lowest BCUT2D eigenvalue weighted by atomic mass is 9.77. The lowest BCUT2D eigenvalue weighted by molar-refractivity contribution is 0.149. The lowest BCUT2D eigenvalue weighted by Crippen LogP contribution is -2.46. The molecule has 0 radical (unpaired) electrons. The Bertz CT molecular complexity index is 538. The molecule has 5 nitrogen and oxygen atoms in total. The molecule has 0 amide bonds. The van der Waals surface area contributed by atoms with E-state index in [1.807, 2.05) is 0 Å². The molecule has 1 aromatic heterocycles. The maximum atomic E-state index is 11.7. The van der Waals surface area contributed by atoms with E-state index in [0.717, 1.165) is 37.9 Å². The van der Waals surface area contributed by atoms with Gasteiger partial charge in [0.25, 0.3) is 5.56 Å². The summed E-state index contributed by atoms with van der Waals surface area (Å²) in [5, 5.41) is 13.2. The first-order valence-corrected chi connectivity index (χ1v) is 7.60. The molecular weight excluding hydrogens is 254 g/mol. The Morgan fingerprint density at radius 2 is 2.30 bits per heavy atom. The highest BCUT2D eigenvalue weighted by atomic mass is 16.3. The molecule has 3 rings (SSSR count). The third-order valence-corrected chi connectivity index (χ3v) is 4.51. The molecule has 20 heavy (non-hydrogen) atoms. The number of anilines is 1. The molecule has 0 spiro atoms. The Morgan fingerprint density at radius 1 is 1.50 bits per heavy atom. The zero-order valence-corrected chi connectivity index (χ0v) is 12.0. The number of aromatic nitrogens is 2. The van der Waals surface area contributed by atoms with Crippen LogP contribution < -0.4 is 10.9 Å². The van der Waals surface area contributed by atoms with Crippen molar-refractivity contribution in [1.29, 1.82) is 0 Å². The van der Waals surface area contributed by atoms with Gasteiger partial charge in [-0.15, -0.1) is 0 Å². The van der Waals surface area contributed by atoms with Gasteiger partial charge >= 0.3 is 0 Å². The second-order valence-corrected chi connectivity index (χ2v) is 6.56. The van der Waals surface area contributed by atoms with Gasteiger partial charge < -0.3 is 15.4 Å². The van der Waals surface area contributed by atoms with Crippen LogP contribution in [0.4, 0.5) is 5.82 Å². The van der Waals surface area contributed by atoms with Crippen molar-refractivity contribution >= 4 is 5.82 Å². The molecule has 2 atom stereocenters. The minimum atomic E-state index is -0.320. The van der Waals surface area contributed by atoms with Crippen LogP contribution in [0.5, 0.6) is 0 Å². The zero-order valence-electron chi connectivity index (χ0n) is 12.0. The monoisotopic (exact) mass is 277 g/mol. The predicted octanol–water partition coefficient (Wildman–Crippen LogP) is 2.00. The summed E-state index contributed by atoms with van der Waals surface area (Å²) in [6.45, 7) is 2.30. The summed E-state index contributed by atoms with van der Waals surface area (Å²) >= 11 is 0. The molecule has 2 saturated carbocycles. The van der Waals surface area contributed by atoms with E-state index < -0.39 is 0 Å². The number of rotatable bonds is 4. The van der Waals surface area contributed by atoms with E-state index in [1.54, 1.807) is 0 Å². The van der Waals surface area contributed by atoms with Gasteiger partial charge in [0.1, 0.15) is 11.6 Å². The summed E-state index contributed by atoms with van der Waals surface area (Å²) in [6, 6.07) is 1.50. The summed E-state index contributed by atoms with van der Waals surface area (Å²) < 4.78 is 0. The van der Waals surface area contributed by atoms with Crippen molar-refractivity contribution in [3.8, 4) is 0 Å². The average Bonchev–Trinajstić information content (AvgIpc) is 3.22. The van der Waals surface area contributed by atoms with Crippen LogP contribution in [0.3, 0.4) is 0 Å². The predicted molar refractivity (Wildman–Crippen MR) is 77.9 cm³/mol. The Balaban J connectivity index is 1.83. The van der Waals surface area contributed by atoms with E-state index in [2.05, 4.69) is 22.2 Å². The van der Waals surface area contributed by atoms with Crippen LogP contribution in [0, 0.1) is 5.92 Å². The summed E-state index contributed by atoms with van der Waals surface area (Å²) in [4.78, 5) is 19.1. The fourth-order valence-electron chi connectivity index (χ4n) is 3.32.